The Morgan fingerprint density at radius 3 is 2.17 bits per heavy atom. The lowest BCUT2D eigenvalue weighted by molar-refractivity contribution is 0.0983. The van der Waals surface area contributed by atoms with Gasteiger partial charge >= 0.3 is 0 Å². The summed E-state index contributed by atoms with van der Waals surface area (Å²) >= 11 is 6.27. The van der Waals surface area contributed by atoms with Crippen LogP contribution < -0.4 is 9.46 Å². The van der Waals surface area contributed by atoms with Crippen molar-refractivity contribution in [2.45, 2.75) is 70.2 Å². The summed E-state index contributed by atoms with van der Waals surface area (Å²) in [5, 5.41) is 1.41. The van der Waals surface area contributed by atoms with E-state index in [1.165, 1.54) is 28.6 Å². The molecule has 1 aromatic heterocycles. The zero-order chi connectivity index (χ0) is 33.4. The Morgan fingerprint density at radius 1 is 0.935 bits per heavy atom. The number of amides is 1. The van der Waals surface area contributed by atoms with Gasteiger partial charge in [-0.1, -0.05) is 24.6 Å². The van der Waals surface area contributed by atoms with Crippen molar-refractivity contribution in [1.29, 1.82) is 0 Å². The highest BCUT2D eigenvalue weighted by atomic mass is 35.5. The summed E-state index contributed by atoms with van der Waals surface area (Å²) in [6.45, 7) is 11.9. The number of carbonyl (C=O) groups is 1. The van der Waals surface area contributed by atoms with Crippen LogP contribution in [0, 0.1) is 33.6 Å². The summed E-state index contributed by atoms with van der Waals surface area (Å²) in [6.07, 6.45) is 2.27. The number of hydrogen-bond acceptors (Lipinski definition) is 6. The van der Waals surface area contributed by atoms with E-state index in [2.05, 4.69) is 16.2 Å². The fourth-order valence-corrected chi connectivity index (χ4v) is 8.55. The molecule has 0 atom stereocenters. The molecule has 0 radical (unpaired) electrons. The normalized spacial score (nSPS) is 14.9. The van der Waals surface area contributed by atoms with Crippen molar-refractivity contribution in [2.24, 2.45) is 5.92 Å². The number of fused-ring (bicyclic) bond motifs is 1. The SMILES string of the molecule is Cc1cc(OCCCn2c(C)c(C)c3c(C(=O)NS(=O)(=O)c4ccc(S(=O)(=O)N5CCC(C)CC5)cc4)cccc32)cc(C)c1Cl. The van der Waals surface area contributed by atoms with Crippen molar-refractivity contribution >= 4 is 48.5 Å². The van der Waals surface area contributed by atoms with Crippen LogP contribution >= 0.6 is 11.6 Å². The number of ether oxygens (including phenoxy) is 1. The van der Waals surface area contributed by atoms with Crippen molar-refractivity contribution < 1.29 is 26.4 Å². The predicted octanol–water partition coefficient (Wildman–Crippen LogP) is 6.54. The van der Waals surface area contributed by atoms with Crippen molar-refractivity contribution in [3.63, 3.8) is 0 Å². The smallest absolute Gasteiger partial charge is 0.265 e. The minimum Gasteiger partial charge on any atom is -0.494 e. The van der Waals surface area contributed by atoms with Crippen LogP contribution in [-0.4, -0.2) is 51.3 Å². The van der Waals surface area contributed by atoms with Crippen LogP contribution in [0.15, 0.2) is 64.4 Å². The third-order valence-corrected chi connectivity index (χ3v) is 12.7. The highest BCUT2D eigenvalue weighted by molar-refractivity contribution is 7.90. The number of nitrogens with one attached hydrogen (secondary N) is 1. The lowest BCUT2D eigenvalue weighted by Crippen LogP contribution is -2.37. The van der Waals surface area contributed by atoms with Crippen molar-refractivity contribution in [3.05, 3.63) is 87.6 Å². The topological polar surface area (TPSA) is 115 Å². The van der Waals surface area contributed by atoms with Crippen LogP contribution in [0.25, 0.3) is 10.9 Å². The first-order valence-electron chi connectivity index (χ1n) is 15.4. The van der Waals surface area contributed by atoms with Crippen LogP contribution in [0.3, 0.4) is 0 Å². The van der Waals surface area contributed by atoms with E-state index in [9.17, 15) is 21.6 Å². The van der Waals surface area contributed by atoms with E-state index >= 15 is 0 Å². The van der Waals surface area contributed by atoms with Gasteiger partial charge in [0.05, 0.1) is 22.0 Å². The maximum absolute atomic E-state index is 13.4. The molecular weight excluding hydrogens is 646 g/mol. The number of rotatable bonds is 10. The Balaban J connectivity index is 1.30. The van der Waals surface area contributed by atoms with E-state index in [1.807, 2.05) is 45.9 Å². The minimum atomic E-state index is -4.28. The van der Waals surface area contributed by atoms with Gasteiger partial charge in [0.1, 0.15) is 5.75 Å². The number of piperidine rings is 1. The fourth-order valence-electron chi connectivity index (χ4n) is 6.00. The largest absolute Gasteiger partial charge is 0.494 e. The lowest BCUT2D eigenvalue weighted by Gasteiger charge is -2.29. The molecular formula is C34H40ClN3O6S2. The molecule has 1 aliphatic heterocycles. The Hall–Kier alpha value is -3.38. The molecule has 4 aromatic rings. The Bertz CT molecular complexity index is 1970. The van der Waals surface area contributed by atoms with Gasteiger partial charge in [-0.3, -0.25) is 4.79 Å². The van der Waals surface area contributed by atoms with E-state index in [-0.39, 0.29) is 15.4 Å². The third-order valence-electron chi connectivity index (χ3n) is 8.85. The average Bonchev–Trinajstić information content (AvgIpc) is 3.26. The number of sulfonamides is 2. The fraction of sp³-hybridized carbons (Fsp3) is 0.382. The number of aromatic nitrogens is 1. The van der Waals surface area contributed by atoms with Gasteiger partial charge in [0.2, 0.25) is 10.0 Å². The van der Waals surface area contributed by atoms with E-state index in [1.54, 1.807) is 12.1 Å². The summed E-state index contributed by atoms with van der Waals surface area (Å²) in [4.78, 5) is 13.3. The van der Waals surface area contributed by atoms with Gasteiger partial charge in [-0.25, -0.2) is 21.6 Å². The minimum absolute atomic E-state index is 0.0216. The monoisotopic (exact) mass is 685 g/mol. The molecule has 3 aromatic carbocycles. The molecule has 0 bridgehead atoms. The molecule has 1 fully saturated rings. The molecule has 0 unspecified atom stereocenters. The molecule has 1 saturated heterocycles. The molecule has 246 valence electrons. The first-order chi connectivity index (χ1) is 21.7. The molecule has 1 amide bonds. The van der Waals surface area contributed by atoms with Crippen LogP contribution in [0.1, 0.15) is 58.9 Å². The second-order valence-electron chi connectivity index (χ2n) is 12.1. The van der Waals surface area contributed by atoms with E-state index in [0.717, 1.165) is 51.5 Å². The molecule has 1 N–H and O–H groups in total. The summed E-state index contributed by atoms with van der Waals surface area (Å²) < 4.78 is 64.4. The maximum Gasteiger partial charge on any atom is 0.265 e. The number of benzene rings is 3. The summed E-state index contributed by atoms with van der Waals surface area (Å²) in [5.41, 5.74) is 4.82. The first kappa shape index (κ1) is 34.0. The second kappa shape index (κ2) is 13.4. The van der Waals surface area contributed by atoms with Gasteiger partial charge in [0.15, 0.2) is 0 Å². The molecule has 46 heavy (non-hydrogen) atoms. The first-order valence-corrected chi connectivity index (χ1v) is 18.7. The highest BCUT2D eigenvalue weighted by Crippen LogP contribution is 2.30. The average molecular weight is 686 g/mol. The van der Waals surface area contributed by atoms with Crippen molar-refractivity contribution in [3.8, 4) is 5.75 Å². The van der Waals surface area contributed by atoms with Crippen molar-refractivity contribution in [1.82, 2.24) is 13.6 Å². The maximum atomic E-state index is 13.4. The number of aryl methyl sites for hydroxylation is 4. The second-order valence-corrected chi connectivity index (χ2v) is 16.1. The summed E-state index contributed by atoms with van der Waals surface area (Å²) in [6, 6.07) is 14.1. The molecule has 0 saturated carbocycles. The molecule has 12 heteroatoms. The molecule has 0 spiro atoms. The molecule has 2 heterocycles. The Morgan fingerprint density at radius 2 is 1.54 bits per heavy atom. The third kappa shape index (κ3) is 6.83. The summed E-state index contributed by atoms with van der Waals surface area (Å²) in [7, 11) is -8.02. The van der Waals surface area contributed by atoms with Gasteiger partial charge in [-0.15, -0.1) is 0 Å². The predicted molar refractivity (Wildman–Crippen MR) is 181 cm³/mol. The quantitative estimate of drug-likeness (QED) is 0.190. The zero-order valence-electron chi connectivity index (χ0n) is 26.8. The number of nitrogens with zero attached hydrogens (tertiary/aromatic N) is 2. The van der Waals surface area contributed by atoms with Gasteiger partial charge in [-0.2, -0.15) is 4.31 Å². The van der Waals surface area contributed by atoms with Crippen molar-refractivity contribution in [2.75, 3.05) is 19.7 Å². The zero-order valence-corrected chi connectivity index (χ0v) is 29.2. The van der Waals surface area contributed by atoms with Gasteiger partial charge in [0.25, 0.3) is 15.9 Å². The number of carbonyl (C=O) groups excluding carboxylic acids is 1. The van der Waals surface area contributed by atoms with Crippen LogP contribution in [0.5, 0.6) is 5.75 Å². The van der Waals surface area contributed by atoms with Crippen LogP contribution in [0.2, 0.25) is 5.02 Å². The van der Waals surface area contributed by atoms with E-state index in [4.69, 9.17) is 16.3 Å². The van der Waals surface area contributed by atoms with Crippen LogP contribution in [0.4, 0.5) is 0 Å². The number of hydrogen-bond donors (Lipinski definition) is 1. The lowest BCUT2D eigenvalue weighted by atomic mass is 10.0. The van der Waals surface area contributed by atoms with Gasteiger partial charge in [-0.05, 0) is 118 Å². The standard InChI is InChI=1S/C34H40ClN3O6S2/c1-22-14-17-37(18-15-22)46(42,43)29-12-10-28(11-13-29)45(40,41)36-34(39)30-8-6-9-31-32(30)25(4)26(5)38(31)16-7-19-44-27-20-23(2)33(35)24(3)21-27/h6,8-13,20-22H,7,14-19H2,1-5H3,(H,36,39). The van der Waals surface area contributed by atoms with E-state index in [0.29, 0.717) is 44.0 Å². The van der Waals surface area contributed by atoms with E-state index < -0.39 is 26.0 Å². The van der Waals surface area contributed by atoms with Crippen LogP contribution in [-0.2, 0) is 26.6 Å². The number of halogens is 1. The Labute approximate surface area is 276 Å². The molecule has 5 rings (SSSR count). The molecule has 9 nitrogen and oxygen atoms in total. The highest BCUT2D eigenvalue weighted by Gasteiger charge is 2.29. The molecule has 0 aliphatic carbocycles. The van der Waals surface area contributed by atoms with Gasteiger partial charge < -0.3 is 9.30 Å². The summed E-state index contributed by atoms with van der Waals surface area (Å²) in [5.74, 6) is 0.466. The Kier molecular flexibility index (Phi) is 9.89. The molecule has 1 aliphatic rings. The van der Waals surface area contributed by atoms with Gasteiger partial charge in [0, 0.05) is 41.3 Å².